The fourth-order valence-corrected chi connectivity index (χ4v) is 2.28. The summed E-state index contributed by atoms with van der Waals surface area (Å²) in [5.74, 6) is -0.00544. The van der Waals surface area contributed by atoms with Gasteiger partial charge in [-0.25, -0.2) is 5.10 Å². The molecule has 100 valence electrons. The SMILES string of the molecule is CCOc1n[nH]c(NC(=O)c2cc(Br)ccc2I)n1. The average molecular weight is 437 g/mol. The van der Waals surface area contributed by atoms with E-state index in [0.717, 1.165) is 8.04 Å². The van der Waals surface area contributed by atoms with E-state index in [4.69, 9.17) is 4.74 Å². The monoisotopic (exact) mass is 436 g/mol. The number of carbonyl (C=O) groups excluding carboxylic acids is 1. The summed E-state index contributed by atoms with van der Waals surface area (Å²) in [6.45, 7) is 2.30. The Morgan fingerprint density at radius 2 is 2.37 bits per heavy atom. The minimum absolute atomic E-state index is 0.210. The molecule has 0 saturated carbocycles. The lowest BCUT2D eigenvalue weighted by Crippen LogP contribution is -2.14. The first-order valence-electron chi connectivity index (χ1n) is 5.41. The molecule has 0 fully saturated rings. The van der Waals surface area contributed by atoms with Crippen molar-refractivity contribution in [3.05, 3.63) is 31.8 Å². The number of H-pyrrole nitrogens is 1. The van der Waals surface area contributed by atoms with Crippen molar-refractivity contribution < 1.29 is 9.53 Å². The number of hydrogen-bond acceptors (Lipinski definition) is 4. The van der Waals surface area contributed by atoms with Crippen LogP contribution in [-0.2, 0) is 0 Å². The van der Waals surface area contributed by atoms with E-state index in [-0.39, 0.29) is 17.9 Å². The Hall–Kier alpha value is -1.16. The maximum absolute atomic E-state index is 12.1. The summed E-state index contributed by atoms with van der Waals surface area (Å²) in [7, 11) is 0. The van der Waals surface area contributed by atoms with E-state index in [2.05, 4.69) is 59.0 Å². The van der Waals surface area contributed by atoms with Crippen molar-refractivity contribution >= 4 is 50.4 Å². The van der Waals surface area contributed by atoms with Gasteiger partial charge in [0.15, 0.2) is 0 Å². The normalized spacial score (nSPS) is 10.3. The number of aromatic amines is 1. The van der Waals surface area contributed by atoms with E-state index < -0.39 is 0 Å². The number of nitrogens with zero attached hydrogens (tertiary/aromatic N) is 2. The van der Waals surface area contributed by atoms with Gasteiger partial charge in [-0.3, -0.25) is 10.1 Å². The molecule has 1 heterocycles. The fraction of sp³-hybridized carbons (Fsp3) is 0.182. The molecule has 6 nitrogen and oxygen atoms in total. The highest BCUT2D eigenvalue weighted by atomic mass is 127. The lowest BCUT2D eigenvalue weighted by Gasteiger charge is -2.04. The number of nitrogens with one attached hydrogen (secondary N) is 2. The molecule has 0 aliphatic carbocycles. The third kappa shape index (κ3) is 3.66. The molecule has 2 N–H and O–H groups in total. The van der Waals surface area contributed by atoms with Gasteiger partial charge in [0.1, 0.15) is 0 Å². The van der Waals surface area contributed by atoms with Crippen molar-refractivity contribution in [2.45, 2.75) is 6.92 Å². The molecule has 0 aliphatic heterocycles. The van der Waals surface area contributed by atoms with Gasteiger partial charge in [0.2, 0.25) is 5.95 Å². The number of carbonyl (C=O) groups is 1. The van der Waals surface area contributed by atoms with Gasteiger partial charge < -0.3 is 4.74 Å². The molecule has 2 aromatic rings. The first-order chi connectivity index (χ1) is 9.10. The zero-order valence-corrected chi connectivity index (χ0v) is 13.6. The Labute approximate surface area is 131 Å². The largest absolute Gasteiger partial charge is 0.463 e. The Balaban J connectivity index is 2.13. The number of halogens is 2. The van der Waals surface area contributed by atoms with Crippen LogP contribution in [0.5, 0.6) is 6.01 Å². The summed E-state index contributed by atoms with van der Waals surface area (Å²) >= 11 is 5.44. The molecule has 1 aromatic heterocycles. The average Bonchev–Trinajstić information content (AvgIpc) is 2.80. The molecular weight excluding hydrogens is 427 g/mol. The van der Waals surface area contributed by atoms with Crippen LogP contribution in [-0.4, -0.2) is 27.7 Å². The minimum atomic E-state index is -0.259. The van der Waals surface area contributed by atoms with E-state index in [9.17, 15) is 4.79 Å². The highest BCUT2D eigenvalue weighted by Crippen LogP contribution is 2.19. The van der Waals surface area contributed by atoms with Crippen molar-refractivity contribution in [2.24, 2.45) is 0 Å². The minimum Gasteiger partial charge on any atom is -0.463 e. The lowest BCUT2D eigenvalue weighted by molar-refractivity contribution is 0.102. The topological polar surface area (TPSA) is 79.9 Å². The number of hydrogen-bond donors (Lipinski definition) is 2. The summed E-state index contributed by atoms with van der Waals surface area (Å²) in [5, 5.41) is 9.03. The molecule has 1 amide bonds. The predicted octanol–water partition coefficient (Wildman–Crippen LogP) is 2.82. The molecule has 0 radical (unpaired) electrons. The standard InChI is InChI=1S/C11H10BrIN4O2/c1-2-19-11-15-10(16-17-11)14-9(18)7-5-6(12)3-4-8(7)13/h3-5H,2H2,1H3,(H2,14,15,16,17,18). The first kappa shape index (κ1) is 14.3. The van der Waals surface area contributed by atoms with Crippen LogP contribution in [0.3, 0.4) is 0 Å². The highest BCUT2D eigenvalue weighted by molar-refractivity contribution is 14.1. The Kier molecular flexibility index (Phi) is 4.75. The summed E-state index contributed by atoms with van der Waals surface area (Å²) in [5.41, 5.74) is 0.560. The number of rotatable bonds is 4. The zero-order valence-electron chi connectivity index (χ0n) is 9.91. The van der Waals surface area contributed by atoms with Gasteiger partial charge >= 0.3 is 6.01 Å². The van der Waals surface area contributed by atoms with Gasteiger partial charge in [-0.1, -0.05) is 15.9 Å². The van der Waals surface area contributed by atoms with Crippen LogP contribution in [0.25, 0.3) is 0 Å². The van der Waals surface area contributed by atoms with E-state index in [1.54, 1.807) is 6.07 Å². The second kappa shape index (κ2) is 6.33. The Morgan fingerprint density at radius 1 is 1.58 bits per heavy atom. The van der Waals surface area contributed by atoms with E-state index >= 15 is 0 Å². The van der Waals surface area contributed by atoms with E-state index in [1.165, 1.54) is 0 Å². The van der Waals surface area contributed by atoms with Crippen LogP contribution < -0.4 is 10.1 Å². The lowest BCUT2D eigenvalue weighted by atomic mass is 10.2. The smallest absolute Gasteiger partial charge is 0.337 e. The second-order valence-corrected chi connectivity index (χ2v) is 5.56. The van der Waals surface area contributed by atoms with Gasteiger partial charge in [-0.15, -0.1) is 5.10 Å². The van der Waals surface area contributed by atoms with Crippen LogP contribution in [0, 0.1) is 3.57 Å². The summed E-state index contributed by atoms with van der Waals surface area (Å²) in [4.78, 5) is 16.1. The fourth-order valence-electron chi connectivity index (χ4n) is 1.34. The molecule has 1 aromatic carbocycles. The van der Waals surface area contributed by atoms with Crippen molar-refractivity contribution in [3.63, 3.8) is 0 Å². The van der Waals surface area contributed by atoms with E-state index in [1.807, 2.05) is 19.1 Å². The predicted molar refractivity (Wildman–Crippen MR) is 82.4 cm³/mol. The molecule has 8 heteroatoms. The van der Waals surface area contributed by atoms with Gasteiger partial charge in [-0.2, -0.15) is 4.98 Å². The second-order valence-electron chi connectivity index (χ2n) is 3.48. The number of benzene rings is 1. The molecule has 0 unspecified atom stereocenters. The van der Waals surface area contributed by atoms with Crippen molar-refractivity contribution in [3.8, 4) is 6.01 Å². The van der Waals surface area contributed by atoms with Gasteiger partial charge in [0.25, 0.3) is 5.91 Å². The molecule has 0 atom stereocenters. The summed E-state index contributed by atoms with van der Waals surface area (Å²) in [6.07, 6.45) is 0. The number of ether oxygens (including phenoxy) is 1. The van der Waals surface area contributed by atoms with Crippen molar-refractivity contribution in [1.82, 2.24) is 15.2 Å². The number of amides is 1. The van der Waals surface area contributed by atoms with Gasteiger partial charge in [-0.05, 0) is 47.7 Å². The van der Waals surface area contributed by atoms with Crippen LogP contribution in [0.15, 0.2) is 22.7 Å². The molecule has 2 rings (SSSR count). The molecule has 0 aliphatic rings. The Bertz CT molecular complexity index is 602. The molecule has 19 heavy (non-hydrogen) atoms. The van der Waals surface area contributed by atoms with Gasteiger partial charge in [0.05, 0.1) is 12.2 Å². The highest BCUT2D eigenvalue weighted by Gasteiger charge is 2.13. The zero-order chi connectivity index (χ0) is 13.8. The van der Waals surface area contributed by atoms with Crippen molar-refractivity contribution in [2.75, 3.05) is 11.9 Å². The quantitative estimate of drug-likeness (QED) is 0.722. The summed E-state index contributed by atoms with van der Waals surface area (Å²) < 4.78 is 6.79. The Morgan fingerprint density at radius 3 is 3.11 bits per heavy atom. The number of anilines is 1. The van der Waals surface area contributed by atoms with Crippen LogP contribution in [0.4, 0.5) is 5.95 Å². The maximum Gasteiger partial charge on any atom is 0.337 e. The molecular formula is C11H10BrIN4O2. The third-order valence-corrected chi connectivity index (χ3v) is 3.58. The van der Waals surface area contributed by atoms with Crippen LogP contribution in [0.2, 0.25) is 0 Å². The van der Waals surface area contributed by atoms with Crippen molar-refractivity contribution in [1.29, 1.82) is 0 Å². The summed E-state index contributed by atoms with van der Waals surface area (Å²) in [6, 6.07) is 5.68. The van der Waals surface area contributed by atoms with Gasteiger partial charge in [0, 0.05) is 8.04 Å². The first-order valence-corrected chi connectivity index (χ1v) is 7.29. The van der Waals surface area contributed by atoms with Crippen LogP contribution in [0.1, 0.15) is 17.3 Å². The molecule has 0 saturated heterocycles. The van der Waals surface area contributed by atoms with E-state index in [0.29, 0.717) is 12.2 Å². The molecule has 0 spiro atoms. The maximum atomic E-state index is 12.1. The number of aromatic nitrogens is 3. The third-order valence-electron chi connectivity index (χ3n) is 2.14. The molecule has 0 bridgehead atoms. The van der Waals surface area contributed by atoms with Crippen LogP contribution >= 0.6 is 38.5 Å².